The second kappa shape index (κ2) is 12.4. The molecule has 258 valence electrons. The maximum absolute atomic E-state index is 12.7. The van der Waals surface area contributed by atoms with Gasteiger partial charge in [-0.1, -0.05) is 72.8 Å². The molecule has 0 fully saturated rings. The first-order valence-electron chi connectivity index (χ1n) is 14.6. The van der Waals surface area contributed by atoms with Gasteiger partial charge in [-0.05, 0) is 116 Å². The van der Waals surface area contributed by atoms with Gasteiger partial charge in [0.25, 0.3) is 0 Å². The Morgan fingerprint density at radius 3 is 1.08 bits per heavy atom. The highest BCUT2D eigenvalue weighted by Gasteiger charge is 2.49. The van der Waals surface area contributed by atoms with Crippen LogP contribution in [0.4, 0.5) is 26.3 Å². The van der Waals surface area contributed by atoms with E-state index in [9.17, 15) is 43.2 Å². The smallest absolute Gasteiger partial charge is 0.376 e. The molecule has 6 rings (SSSR count). The van der Waals surface area contributed by atoms with Crippen LogP contribution in [0.5, 0.6) is 11.5 Å². The summed E-state index contributed by atoms with van der Waals surface area (Å²) in [7, 11) is -11.6. The zero-order chi connectivity index (χ0) is 36.2. The molecule has 50 heavy (non-hydrogen) atoms. The summed E-state index contributed by atoms with van der Waals surface area (Å²) in [5.41, 5.74) is -4.39. The zero-order valence-corrected chi connectivity index (χ0v) is 27.6. The van der Waals surface area contributed by atoms with Crippen LogP contribution >= 0.6 is 0 Å². The Kier molecular flexibility index (Phi) is 8.59. The van der Waals surface area contributed by atoms with E-state index in [2.05, 4.69) is 8.37 Å². The standard InChI is InChI=1S/C36H24F6O6S2/c1-21-3-5-27-19-25(23-7-13-29(14-8-23)47-49(43,44)35(37,38)39)11-17-31(27)33(21)34-22(2)4-6-28-20-26(12-18-32(28)34)24-9-15-30(16-10-24)48-50(45,46)36(40,41)42/h3-20H,1-2H3. The maximum Gasteiger partial charge on any atom is 0.534 e. The van der Waals surface area contributed by atoms with Crippen LogP contribution in [0.15, 0.2) is 109 Å². The van der Waals surface area contributed by atoms with Crippen LogP contribution in [0, 0.1) is 13.8 Å². The third-order valence-electron chi connectivity index (χ3n) is 8.06. The molecule has 0 heterocycles. The molecule has 0 N–H and O–H groups in total. The van der Waals surface area contributed by atoms with Gasteiger partial charge in [-0.2, -0.15) is 43.2 Å². The lowest BCUT2D eigenvalue weighted by molar-refractivity contribution is -0.0504. The molecule has 0 atom stereocenters. The van der Waals surface area contributed by atoms with Crippen molar-refractivity contribution >= 4 is 41.8 Å². The van der Waals surface area contributed by atoms with Gasteiger partial charge in [0.05, 0.1) is 0 Å². The molecular weight excluding hydrogens is 707 g/mol. The van der Waals surface area contributed by atoms with E-state index in [4.69, 9.17) is 0 Å². The molecule has 0 saturated carbocycles. The lowest BCUT2D eigenvalue weighted by atomic mass is 9.86. The number of hydrogen-bond acceptors (Lipinski definition) is 6. The normalized spacial score (nSPS) is 12.7. The van der Waals surface area contributed by atoms with Gasteiger partial charge in [0.1, 0.15) is 11.5 Å². The topological polar surface area (TPSA) is 86.7 Å². The van der Waals surface area contributed by atoms with Crippen LogP contribution in [0.2, 0.25) is 0 Å². The van der Waals surface area contributed by atoms with Gasteiger partial charge in [0.2, 0.25) is 0 Å². The van der Waals surface area contributed by atoms with Crippen molar-refractivity contribution in [1.29, 1.82) is 0 Å². The van der Waals surface area contributed by atoms with E-state index >= 15 is 0 Å². The number of benzene rings is 6. The van der Waals surface area contributed by atoms with Crippen molar-refractivity contribution in [3.63, 3.8) is 0 Å². The van der Waals surface area contributed by atoms with Crippen LogP contribution in [0.3, 0.4) is 0 Å². The number of rotatable bonds is 7. The molecule has 0 amide bonds. The van der Waals surface area contributed by atoms with Crippen molar-refractivity contribution in [3.8, 4) is 44.9 Å². The Hall–Kier alpha value is -5.08. The Bertz CT molecular complexity index is 2320. The molecule has 0 aromatic heterocycles. The van der Waals surface area contributed by atoms with Gasteiger partial charge in [-0.25, -0.2) is 0 Å². The largest absolute Gasteiger partial charge is 0.534 e. The fraction of sp³-hybridized carbons (Fsp3) is 0.111. The van der Waals surface area contributed by atoms with Crippen molar-refractivity contribution < 1.29 is 51.5 Å². The molecule has 0 aliphatic carbocycles. The molecule has 6 aromatic carbocycles. The lowest BCUT2D eigenvalue weighted by Crippen LogP contribution is -2.28. The molecule has 0 spiro atoms. The second-order valence-electron chi connectivity index (χ2n) is 11.4. The minimum Gasteiger partial charge on any atom is -0.376 e. The fourth-order valence-corrected chi connectivity index (χ4v) is 6.57. The van der Waals surface area contributed by atoms with Crippen LogP contribution in [-0.2, 0) is 20.2 Å². The molecule has 0 radical (unpaired) electrons. The highest BCUT2D eigenvalue weighted by atomic mass is 32.2. The Morgan fingerprint density at radius 1 is 0.440 bits per heavy atom. The van der Waals surface area contributed by atoms with Crippen LogP contribution in [0.25, 0.3) is 54.9 Å². The first kappa shape index (κ1) is 34.8. The summed E-state index contributed by atoms with van der Waals surface area (Å²) in [6.07, 6.45) is 0. The van der Waals surface area contributed by atoms with Gasteiger partial charge in [0.15, 0.2) is 0 Å². The van der Waals surface area contributed by atoms with Crippen molar-refractivity contribution in [2.75, 3.05) is 0 Å². The zero-order valence-electron chi connectivity index (χ0n) is 25.9. The summed E-state index contributed by atoms with van der Waals surface area (Å²) in [4.78, 5) is 0. The van der Waals surface area contributed by atoms with E-state index in [1.807, 2.05) is 74.5 Å². The number of aryl methyl sites for hydroxylation is 2. The van der Waals surface area contributed by atoms with Crippen LogP contribution in [0.1, 0.15) is 11.1 Å². The summed E-state index contributed by atoms with van der Waals surface area (Å²) in [5, 5.41) is 3.64. The second-order valence-corrected chi connectivity index (χ2v) is 14.5. The third-order valence-corrected chi connectivity index (χ3v) is 10.0. The predicted octanol–water partition coefficient (Wildman–Crippen LogP) is 10.1. The predicted molar refractivity (Wildman–Crippen MR) is 178 cm³/mol. The van der Waals surface area contributed by atoms with Crippen LogP contribution in [-0.4, -0.2) is 27.9 Å². The molecule has 0 unspecified atom stereocenters. The average molecular weight is 731 g/mol. The SMILES string of the molecule is Cc1ccc2cc(-c3ccc(OS(=O)(=O)C(F)(F)F)cc3)ccc2c1-c1c(C)ccc2cc(-c3ccc(OS(=O)(=O)C(F)(F)F)cc3)ccc12. The summed E-state index contributed by atoms with van der Waals surface area (Å²) >= 11 is 0. The number of alkyl halides is 6. The summed E-state index contributed by atoms with van der Waals surface area (Å²) in [6, 6.07) is 29.8. The minimum absolute atomic E-state index is 0.471. The summed E-state index contributed by atoms with van der Waals surface area (Å²) in [5.74, 6) is -0.941. The number of halogens is 6. The first-order chi connectivity index (χ1) is 23.3. The Labute approximate surface area is 282 Å². The fourth-order valence-electron chi connectivity index (χ4n) is 5.65. The van der Waals surface area contributed by atoms with Gasteiger partial charge in [0, 0.05) is 0 Å². The Morgan fingerprint density at radius 2 is 0.760 bits per heavy atom. The van der Waals surface area contributed by atoms with Crippen molar-refractivity contribution in [3.05, 3.63) is 120 Å². The molecule has 0 aliphatic rings. The molecule has 14 heteroatoms. The van der Waals surface area contributed by atoms with Gasteiger partial charge in [-0.15, -0.1) is 0 Å². The minimum atomic E-state index is -5.79. The highest BCUT2D eigenvalue weighted by molar-refractivity contribution is 7.88. The monoisotopic (exact) mass is 730 g/mol. The molecule has 0 saturated heterocycles. The third kappa shape index (κ3) is 6.60. The van der Waals surface area contributed by atoms with Crippen molar-refractivity contribution in [2.24, 2.45) is 0 Å². The molecule has 0 aliphatic heterocycles. The van der Waals surface area contributed by atoms with E-state index in [-0.39, 0.29) is 0 Å². The molecule has 6 aromatic rings. The molecular formula is C36H24F6O6S2. The summed E-state index contributed by atoms with van der Waals surface area (Å²) in [6.45, 7) is 3.98. The van der Waals surface area contributed by atoms with Crippen molar-refractivity contribution in [2.45, 2.75) is 24.9 Å². The molecule has 0 bridgehead atoms. The van der Waals surface area contributed by atoms with Gasteiger partial charge in [-0.3, -0.25) is 0 Å². The molecule has 6 nitrogen and oxygen atoms in total. The average Bonchev–Trinajstić information content (AvgIpc) is 3.04. The van der Waals surface area contributed by atoms with E-state index in [0.29, 0.717) is 11.1 Å². The lowest BCUT2D eigenvalue weighted by Gasteiger charge is -2.17. The van der Waals surface area contributed by atoms with E-state index in [0.717, 1.165) is 79.2 Å². The van der Waals surface area contributed by atoms with E-state index in [1.54, 1.807) is 0 Å². The Balaban J connectivity index is 1.34. The van der Waals surface area contributed by atoms with Gasteiger partial charge >= 0.3 is 31.3 Å². The number of fused-ring (bicyclic) bond motifs is 2. The maximum atomic E-state index is 12.7. The van der Waals surface area contributed by atoms with Crippen molar-refractivity contribution in [1.82, 2.24) is 0 Å². The first-order valence-corrected chi connectivity index (χ1v) is 17.5. The number of hydrogen-bond donors (Lipinski definition) is 0. The highest BCUT2D eigenvalue weighted by Crippen LogP contribution is 2.41. The quantitative estimate of drug-likeness (QED) is 0.0924. The van der Waals surface area contributed by atoms with Crippen LogP contribution < -0.4 is 8.37 Å². The van der Waals surface area contributed by atoms with E-state index in [1.165, 1.54) is 24.3 Å². The van der Waals surface area contributed by atoms with Gasteiger partial charge < -0.3 is 8.37 Å². The summed E-state index contributed by atoms with van der Waals surface area (Å²) < 4.78 is 130. The van der Waals surface area contributed by atoms with E-state index < -0.39 is 42.8 Å².